The van der Waals surface area contributed by atoms with Gasteiger partial charge in [0.15, 0.2) is 11.3 Å². The maximum Gasteiger partial charge on any atom is 0.357 e. The number of nitrogens with zero attached hydrogens (tertiary/aromatic N) is 3. The number of methoxy groups -OCH3 is 2. The molecule has 0 bridgehead atoms. The van der Waals surface area contributed by atoms with Crippen molar-refractivity contribution in [2.75, 3.05) is 14.2 Å². The lowest BCUT2D eigenvalue weighted by Crippen LogP contribution is -2.10. The second kappa shape index (κ2) is 5.76. The molecule has 0 atom stereocenters. The van der Waals surface area contributed by atoms with Gasteiger partial charge in [-0.05, 0) is 24.3 Å². The molecular formula is C15H12BrN3O3. The van der Waals surface area contributed by atoms with Crippen LogP contribution in [0.5, 0.6) is 5.75 Å². The number of carbonyl (C=O) groups excluding carboxylic acids is 1. The van der Waals surface area contributed by atoms with Crippen LogP contribution in [0.25, 0.3) is 16.7 Å². The number of fused-ring (bicyclic) bond motifs is 1. The van der Waals surface area contributed by atoms with Crippen molar-refractivity contribution in [2.45, 2.75) is 0 Å². The van der Waals surface area contributed by atoms with E-state index in [4.69, 9.17) is 9.47 Å². The van der Waals surface area contributed by atoms with Crippen LogP contribution in [0.1, 0.15) is 10.5 Å². The van der Waals surface area contributed by atoms with Gasteiger partial charge in [0.2, 0.25) is 0 Å². The van der Waals surface area contributed by atoms with E-state index in [9.17, 15) is 4.79 Å². The van der Waals surface area contributed by atoms with Crippen LogP contribution in [-0.2, 0) is 4.74 Å². The van der Waals surface area contributed by atoms with E-state index >= 15 is 0 Å². The number of pyridine rings is 1. The molecule has 0 aliphatic carbocycles. The molecular weight excluding hydrogens is 350 g/mol. The van der Waals surface area contributed by atoms with Crippen LogP contribution in [0.15, 0.2) is 41.0 Å². The zero-order valence-corrected chi connectivity index (χ0v) is 13.5. The van der Waals surface area contributed by atoms with E-state index in [0.29, 0.717) is 28.2 Å². The summed E-state index contributed by atoms with van der Waals surface area (Å²) < 4.78 is 12.5. The van der Waals surface area contributed by atoms with Gasteiger partial charge in [0.1, 0.15) is 5.75 Å². The van der Waals surface area contributed by atoms with E-state index in [2.05, 4.69) is 26.0 Å². The quantitative estimate of drug-likeness (QED) is 0.671. The van der Waals surface area contributed by atoms with Gasteiger partial charge < -0.3 is 9.47 Å². The lowest BCUT2D eigenvalue weighted by Gasteiger charge is -2.09. The fraction of sp³-hybridized carbons (Fsp3) is 0.133. The molecule has 0 unspecified atom stereocenters. The van der Waals surface area contributed by atoms with Crippen LogP contribution < -0.4 is 4.74 Å². The third-order valence-corrected chi connectivity index (χ3v) is 3.62. The number of ether oxygens (including phenoxy) is 2. The lowest BCUT2D eigenvalue weighted by atomic mass is 10.2. The molecule has 2 heterocycles. The summed E-state index contributed by atoms with van der Waals surface area (Å²) in [4.78, 5) is 16.4. The van der Waals surface area contributed by atoms with Crippen molar-refractivity contribution >= 4 is 32.9 Å². The third kappa shape index (κ3) is 2.43. The van der Waals surface area contributed by atoms with Gasteiger partial charge in [-0.15, -0.1) is 5.10 Å². The highest BCUT2D eigenvalue weighted by molar-refractivity contribution is 9.10. The first-order valence-electron chi connectivity index (χ1n) is 6.41. The predicted octanol–water partition coefficient (Wildman–Crippen LogP) is 2.98. The van der Waals surface area contributed by atoms with Gasteiger partial charge >= 0.3 is 5.97 Å². The van der Waals surface area contributed by atoms with Crippen LogP contribution in [0, 0.1) is 0 Å². The molecule has 22 heavy (non-hydrogen) atoms. The van der Waals surface area contributed by atoms with E-state index in [1.807, 2.05) is 12.1 Å². The zero-order valence-electron chi connectivity index (χ0n) is 11.9. The summed E-state index contributed by atoms with van der Waals surface area (Å²) in [5.41, 5.74) is 1.47. The minimum Gasteiger partial charge on any atom is -0.497 e. The van der Waals surface area contributed by atoms with Crippen LogP contribution in [0.3, 0.4) is 0 Å². The molecule has 0 radical (unpaired) electrons. The van der Waals surface area contributed by atoms with Gasteiger partial charge in [-0.3, -0.25) is 0 Å². The number of rotatable bonds is 3. The van der Waals surface area contributed by atoms with E-state index in [1.165, 1.54) is 11.8 Å². The minimum absolute atomic E-state index is 0.325. The van der Waals surface area contributed by atoms with Crippen LogP contribution >= 0.6 is 15.9 Å². The number of hydrogen-bond donors (Lipinski definition) is 0. The SMILES string of the molecule is COC(=O)c1c2cccnc2nn1-c1cc(Br)cc(OC)c1. The highest BCUT2D eigenvalue weighted by Crippen LogP contribution is 2.27. The number of aromatic nitrogens is 3. The van der Waals surface area contributed by atoms with E-state index in [1.54, 1.807) is 31.5 Å². The van der Waals surface area contributed by atoms with Crippen molar-refractivity contribution in [3.05, 3.63) is 46.7 Å². The maximum absolute atomic E-state index is 12.2. The Kier molecular flexibility index (Phi) is 3.81. The Balaban J connectivity index is 2.30. The first-order chi connectivity index (χ1) is 10.6. The van der Waals surface area contributed by atoms with E-state index in [0.717, 1.165) is 4.47 Å². The van der Waals surface area contributed by atoms with Crippen molar-refractivity contribution in [2.24, 2.45) is 0 Å². The van der Waals surface area contributed by atoms with Gasteiger partial charge in [-0.25, -0.2) is 14.5 Å². The normalized spacial score (nSPS) is 10.7. The molecule has 0 aliphatic rings. The molecule has 0 amide bonds. The van der Waals surface area contributed by atoms with Gasteiger partial charge in [0, 0.05) is 16.7 Å². The Bertz CT molecular complexity index is 860. The van der Waals surface area contributed by atoms with E-state index in [-0.39, 0.29) is 0 Å². The van der Waals surface area contributed by atoms with E-state index < -0.39 is 5.97 Å². The summed E-state index contributed by atoms with van der Waals surface area (Å²) in [6.07, 6.45) is 1.63. The molecule has 0 fully saturated rings. The van der Waals surface area contributed by atoms with Gasteiger partial charge in [0.25, 0.3) is 0 Å². The molecule has 3 aromatic rings. The molecule has 7 heteroatoms. The molecule has 0 aliphatic heterocycles. The molecule has 0 saturated heterocycles. The van der Waals surface area contributed by atoms with Crippen molar-refractivity contribution in [3.8, 4) is 11.4 Å². The summed E-state index contributed by atoms with van der Waals surface area (Å²) in [5, 5.41) is 5.03. The molecule has 0 saturated carbocycles. The van der Waals surface area contributed by atoms with Gasteiger partial charge in [-0.1, -0.05) is 15.9 Å². The number of carbonyl (C=O) groups is 1. The number of benzene rings is 1. The summed E-state index contributed by atoms with van der Waals surface area (Å²) in [6, 6.07) is 8.97. The van der Waals surface area contributed by atoms with Crippen LogP contribution in [-0.4, -0.2) is 35.0 Å². The fourth-order valence-corrected chi connectivity index (χ4v) is 2.65. The maximum atomic E-state index is 12.2. The standard InChI is InChI=1S/C15H12BrN3O3/c1-21-11-7-9(16)6-10(8-11)19-13(15(20)22-2)12-4-3-5-17-14(12)18-19/h3-8H,1-2H3. The first-order valence-corrected chi connectivity index (χ1v) is 7.20. The van der Waals surface area contributed by atoms with Gasteiger partial charge in [-0.2, -0.15) is 0 Å². The van der Waals surface area contributed by atoms with Gasteiger partial charge in [0.05, 0.1) is 25.3 Å². The molecule has 112 valence electrons. The highest BCUT2D eigenvalue weighted by atomic mass is 79.9. The average Bonchev–Trinajstić information content (AvgIpc) is 2.93. The zero-order chi connectivity index (χ0) is 15.7. The molecule has 3 rings (SSSR count). The summed E-state index contributed by atoms with van der Waals surface area (Å²) in [5.74, 6) is 0.169. The fourth-order valence-electron chi connectivity index (χ4n) is 2.19. The first kappa shape index (κ1) is 14.5. The van der Waals surface area contributed by atoms with Crippen molar-refractivity contribution in [1.82, 2.24) is 14.8 Å². The largest absolute Gasteiger partial charge is 0.497 e. The summed E-state index contributed by atoms with van der Waals surface area (Å²) in [6.45, 7) is 0. The van der Waals surface area contributed by atoms with Crippen molar-refractivity contribution < 1.29 is 14.3 Å². The smallest absolute Gasteiger partial charge is 0.357 e. The van der Waals surface area contributed by atoms with Crippen LogP contribution in [0.4, 0.5) is 0 Å². The lowest BCUT2D eigenvalue weighted by molar-refractivity contribution is 0.0592. The molecule has 2 aromatic heterocycles. The monoisotopic (exact) mass is 361 g/mol. The number of halogens is 1. The molecule has 0 N–H and O–H groups in total. The average molecular weight is 362 g/mol. The Labute approximate surface area is 134 Å². The number of esters is 1. The Morgan fingerprint density at radius 1 is 1.27 bits per heavy atom. The second-order valence-electron chi connectivity index (χ2n) is 4.48. The predicted molar refractivity (Wildman–Crippen MR) is 84.5 cm³/mol. The number of hydrogen-bond acceptors (Lipinski definition) is 5. The van der Waals surface area contributed by atoms with Crippen LogP contribution in [0.2, 0.25) is 0 Å². The Hall–Kier alpha value is -2.41. The molecule has 0 spiro atoms. The topological polar surface area (TPSA) is 66.2 Å². The third-order valence-electron chi connectivity index (χ3n) is 3.16. The van der Waals surface area contributed by atoms with Crippen molar-refractivity contribution in [1.29, 1.82) is 0 Å². The summed E-state index contributed by atoms with van der Waals surface area (Å²) >= 11 is 3.42. The Morgan fingerprint density at radius 3 is 2.82 bits per heavy atom. The Morgan fingerprint density at radius 2 is 2.09 bits per heavy atom. The minimum atomic E-state index is -0.477. The molecule has 6 nitrogen and oxygen atoms in total. The second-order valence-corrected chi connectivity index (χ2v) is 5.39. The van der Waals surface area contributed by atoms with Crippen molar-refractivity contribution in [3.63, 3.8) is 0 Å². The highest BCUT2D eigenvalue weighted by Gasteiger charge is 2.21. The molecule has 1 aromatic carbocycles. The summed E-state index contributed by atoms with van der Waals surface area (Å²) in [7, 11) is 2.91.